The predicted molar refractivity (Wildman–Crippen MR) is 79.8 cm³/mol. The average molecular weight is 274 g/mol. The quantitative estimate of drug-likeness (QED) is 0.679. The maximum atomic E-state index is 12.3. The zero-order valence-corrected chi connectivity index (χ0v) is 11.8. The molecular formula is C16H16ClNO. The highest BCUT2D eigenvalue weighted by atomic mass is 35.5. The number of rotatable bonds is 3. The molecule has 0 amide bonds. The zero-order valence-electron chi connectivity index (χ0n) is 11.0. The Hall–Kier alpha value is -1.80. The van der Waals surface area contributed by atoms with E-state index < -0.39 is 0 Å². The van der Waals surface area contributed by atoms with Crippen LogP contribution >= 0.6 is 11.6 Å². The highest BCUT2D eigenvalue weighted by molar-refractivity contribution is 6.31. The normalized spacial score (nSPS) is 10.5. The van der Waals surface area contributed by atoms with Crippen molar-refractivity contribution < 1.29 is 4.79 Å². The zero-order chi connectivity index (χ0) is 14.0. The summed E-state index contributed by atoms with van der Waals surface area (Å²) in [4.78, 5) is 12.3. The van der Waals surface area contributed by atoms with Gasteiger partial charge in [0.2, 0.25) is 0 Å². The van der Waals surface area contributed by atoms with E-state index >= 15 is 0 Å². The summed E-state index contributed by atoms with van der Waals surface area (Å²) in [7, 11) is 0. The van der Waals surface area contributed by atoms with Crippen LogP contribution in [0.4, 0.5) is 5.69 Å². The van der Waals surface area contributed by atoms with Crippen molar-refractivity contribution in [2.24, 2.45) is 0 Å². The summed E-state index contributed by atoms with van der Waals surface area (Å²) in [6, 6.07) is 11.1. The molecule has 98 valence electrons. The number of hydrogen-bond donors (Lipinski definition) is 1. The van der Waals surface area contributed by atoms with E-state index in [2.05, 4.69) is 0 Å². The van der Waals surface area contributed by atoms with E-state index in [0.29, 0.717) is 22.7 Å². The number of nitrogens with two attached hydrogens (primary N) is 1. The van der Waals surface area contributed by atoms with Gasteiger partial charge in [-0.05, 0) is 43.2 Å². The Bertz CT molecular complexity index is 635. The molecule has 2 aromatic carbocycles. The second-order valence-corrected chi connectivity index (χ2v) is 5.20. The van der Waals surface area contributed by atoms with Crippen molar-refractivity contribution in [1.82, 2.24) is 0 Å². The van der Waals surface area contributed by atoms with Crippen LogP contribution in [0.3, 0.4) is 0 Å². The van der Waals surface area contributed by atoms with Crippen molar-refractivity contribution in [2.45, 2.75) is 20.3 Å². The smallest absolute Gasteiger partial charge is 0.169 e. The third kappa shape index (κ3) is 3.15. The largest absolute Gasteiger partial charge is 0.398 e. The summed E-state index contributed by atoms with van der Waals surface area (Å²) < 4.78 is 0. The molecule has 0 radical (unpaired) electrons. The van der Waals surface area contributed by atoms with Gasteiger partial charge in [0.15, 0.2) is 5.78 Å². The molecule has 0 unspecified atom stereocenters. The fraction of sp³-hybridized carbons (Fsp3) is 0.188. The van der Waals surface area contributed by atoms with Crippen molar-refractivity contribution in [2.75, 3.05) is 5.73 Å². The lowest BCUT2D eigenvalue weighted by atomic mass is 9.97. The van der Waals surface area contributed by atoms with Crippen molar-refractivity contribution in [3.05, 3.63) is 63.7 Å². The first kappa shape index (κ1) is 13.6. The van der Waals surface area contributed by atoms with E-state index in [1.807, 2.05) is 32.0 Å². The van der Waals surface area contributed by atoms with Gasteiger partial charge in [0.05, 0.1) is 0 Å². The fourth-order valence-electron chi connectivity index (χ4n) is 2.05. The van der Waals surface area contributed by atoms with E-state index in [-0.39, 0.29) is 5.78 Å². The Labute approximate surface area is 118 Å². The Morgan fingerprint density at radius 1 is 1.16 bits per heavy atom. The maximum absolute atomic E-state index is 12.3. The molecule has 0 aliphatic carbocycles. The monoisotopic (exact) mass is 273 g/mol. The van der Waals surface area contributed by atoms with Gasteiger partial charge in [-0.2, -0.15) is 0 Å². The number of carbonyl (C=O) groups is 1. The first-order valence-electron chi connectivity index (χ1n) is 6.11. The van der Waals surface area contributed by atoms with Crippen LogP contribution in [0.2, 0.25) is 5.02 Å². The topological polar surface area (TPSA) is 43.1 Å². The minimum Gasteiger partial charge on any atom is -0.398 e. The van der Waals surface area contributed by atoms with Crippen molar-refractivity contribution in [3.8, 4) is 0 Å². The van der Waals surface area contributed by atoms with Gasteiger partial charge in [-0.3, -0.25) is 4.79 Å². The van der Waals surface area contributed by atoms with Gasteiger partial charge >= 0.3 is 0 Å². The number of ketones is 1. The summed E-state index contributed by atoms with van der Waals surface area (Å²) in [5.74, 6) is 0.0165. The number of aryl methyl sites for hydroxylation is 2. The van der Waals surface area contributed by atoms with Crippen molar-refractivity contribution in [1.29, 1.82) is 0 Å². The maximum Gasteiger partial charge on any atom is 0.169 e. The SMILES string of the molecule is Cc1ccc(C)c(CC(=O)c2ccc(Cl)cc2N)c1. The molecule has 0 aliphatic heterocycles. The average Bonchev–Trinajstić information content (AvgIpc) is 2.33. The number of hydrogen-bond acceptors (Lipinski definition) is 2. The third-order valence-corrected chi connectivity index (χ3v) is 3.40. The van der Waals surface area contributed by atoms with Gasteiger partial charge in [-0.15, -0.1) is 0 Å². The van der Waals surface area contributed by atoms with E-state index in [9.17, 15) is 4.79 Å². The molecule has 2 nitrogen and oxygen atoms in total. The molecule has 0 fully saturated rings. The number of anilines is 1. The van der Waals surface area contributed by atoms with Crippen LogP contribution in [0.15, 0.2) is 36.4 Å². The van der Waals surface area contributed by atoms with Crippen molar-refractivity contribution >= 4 is 23.1 Å². The summed E-state index contributed by atoms with van der Waals surface area (Å²) in [6.45, 7) is 4.03. The lowest BCUT2D eigenvalue weighted by Gasteiger charge is -2.08. The van der Waals surface area contributed by atoms with Crippen LogP contribution in [0.25, 0.3) is 0 Å². The van der Waals surface area contributed by atoms with Gasteiger partial charge in [-0.1, -0.05) is 35.4 Å². The highest BCUT2D eigenvalue weighted by Crippen LogP contribution is 2.21. The first-order chi connectivity index (χ1) is 8.97. The second-order valence-electron chi connectivity index (χ2n) is 4.76. The van der Waals surface area contributed by atoms with E-state index in [1.54, 1.807) is 18.2 Å². The molecular weight excluding hydrogens is 258 g/mol. The Balaban J connectivity index is 2.28. The van der Waals surface area contributed by atoms with Gasteiger partial charge < -0.3 is 5.73 Å². The molecule has 0 atom stereocenters. The summed E-state index contributed by atoms with van der Waals surface area (Å²) in [6.07, 6.45) is 0.360. The number of nitrogen functional groups attached to an aromatic ring is 1. The number of carbonyl (C=O) groups excluding carboxylic acids is 1. The minimum absolute atomic E-state index is 0.0165. The molecule has 19 heavy (non-hydrogen) atoms. The molecule has 3 heteroatoms. The van der Waals surface area contributed by atoms with Crippen LogP contribution in [0.1, 0.15) is 27.0 Å². The van der Waals surface area contributed by atoms with Crippen LogP contribution in [-0.4, -0.2) is 5.78 Å². The van der Waals surface area contributed by atoms with E-state index in [4.69, 9.17) is 17.3 Å². The van der Waals surface area contributed by atoms with Gasteiger partial charge in [0.25, 0.3) is 0 Å². The molecule has 0 bridgehead atoms. The number of benzene rings is 2. The van der Waals surface area contributed by atoms with E-state index in [0.717, 1.165) is 16.7 Å². The standard InChI is InChI=1S/C16H16ClNO/c1-10-3-4-11(2)12(7-10)8-16(19)14-6-5-13(17)9-15(14)18/h3-7,9H,8,18H2,1-2H3. The van der Waals surface area contributed by atoms with Crippen LogP contribution < -0.4 is 5.73 Å². The molecule has 0 aliphatic rings. The fourth-order valence-corrected chi connectivity index (χ4v) is 2.23. The van der Waals surface area contributed by atoms with Crippen molar-refractivity contribution in [3.63, 3.8) is 0 Å². The molecule has 0 spiro atoms. The molecule has 0 saturated carbocycles. The summed E-state index contributed by atoms with van der Waals surface area (Å²) in [5, 5.41) is 0.542. The molecule has 2 rings (SSSR count). The summed E-state index contributed by atoms with van der Waals surface area (Å²) >= 11 is 5.84. The Morgan fingerprint density at radius 3 is 2.58 bits per heavy atom. The van der Waals surface area contributed by atoms with Gasteiger partial charge in [0.1, 0.15) is 0 Å². The number of halogens is 1. The molecule has 2 aromatic rings. The second kappa shape index (κ2) is 5.45. The highest BCUT2D eigenvalue weighted by Gasteiger charge is 2.12. The minimum atomic E-state index is 0.0165. The molecule has 0 heterocycles. The predicted octanol–water partition coefficient (Wildman–Crippen LogP) is 3.96. The van der Waals surface area contributed by atoms with Gasteiger partial charge in [0, 0.05) is 22.7 Å². The van der Waals surface area contributed by atoms with E-state index in [1.165, 1.54) is 0 Å². The van der Waals surface area contributed by atoms with Gasteiger partial charge in [-0.25, -0.2) is 0 Å². The number of Topliss-reactive ketones (excluding diaryl/α,β-unsaturated/α-hetero) is 1. The Kier molecular flexibility index (Phi) is 3.91. The molecule has 2 N–H and O–H groups in total. The summed E-state index contributed by atoms with van der Waals surface area (Å²) in [5.41, 5.74) is 10.1. The Morgan fingerprint density at radius 2 is 1.89 bits per heavy atom. The lowest BCUT2D eigenvalue weighted by molar-refractivity contribution is 0.0993. The molecule has 0 aromatic heterocycles. The van der Waals surface area contributed by atoms with Crippen LogP contribution in [0, 0.1) is 13.8 Å². The first-order valence-corrected chi connectivity index (χ1v) is 6.49. The third-order valence-electron chi connectivity index (χ3n) is 3.17. The molecule has 0 saturated heterocycles. The van der Waals surface area contributed by atoms with Crippen LogP contribution in [-0.2, 0) is 6.42 Å². The lowest BCUT2D eigenvalue weighted by Crippen LogP contribution is -2.08. The van der Waals surface area contributed by atoms with Crippen LogP contribution in [0.5, 0.6) is 0 Å².